The Bertz CT molecular complexity index is 430. The number of carbonyl (C=O) groups is 1. The van der Waals surface area contributed by atoms with Crippen molar-refractivity contribution in [3.8, 4) is 0 Å². The second-order valence-corrected chi connectivity index (χ2v) is 5.01. The summed E-state index contributed by atoms with van der Waals surface area (Å²) in [5.41, 5.74) is 8.28. The summed E-state index contributed by atoms with van der Waals surface area (Å²) in [6, 6.07) is 8.34. The van der Waals surface area contributed by atoms with Crippen molar-refractivity contribution < 1.29 is 4.79 Å². The molecular weight excluding hydrogens is 238 g/mol. The third-order valence-corrected chi connectivity index (χ3v) is 3.81. The highest BCUT2D eigenvalue weighted by Gasteiger charge is 2.27. The molecule has 1 aromatic carbocycles. The number of benzene rings is 1. The lowest BCUT2D eigenvalue weighted by Crippen LogP contribution is -2.55. The van der Waals surface area contributed by atoms with Crippen molar-refractivity contribution in [2.75, 3.05) is 18.0 Å². The fraction of sp³-hybridized carbons (Fsp3) is 0.533. The van der Waals surface area contributed by atoms with Gasteiger partial charge in [-0.15, -0.1) is 0 Å². The van der Waals surface area contributed by atoms with E-state index in [1.807, 2.05) is 6.92 Å². The smallest absolute Gasteiger partial charge is 0.242 e. The fourth-order valence-corrected chi connectivity index (χ4v) is 2.58. The lowest BCUT2D eigenvalue weighted by molar-refractivity contribution is -0.123. The van der Waals surface area contributed by atoms with E-state index in [4.69, 9.17) is 5.73 Å². The highest BCUT2D eigenvalue weighted by atomic mass is 16.2. The number of anilines is 1. The maximum Gasteiger partial charge on any atom is 0.242 e. The minimum Gasteiger partial charge on any atom is -0.358 e. The molecule has 0 radical (unpaired) electrons. The van der Waals surface area contributed by atoms with E-state index in [0.717, 1.165) is 30.6 Å². The Morgan fingerprint density at radius 3 is 2.63 bits per heavy atom. The van der Waals surface area contributed by atoms with E-state index in [1.165, 1.54) is 0 Å². The molecule has 0 aromatic heterocycles. The molecule has 0 bridgehead atoms. The van der Waals surface area contributed by atoms with E-state index in [9.17, 15) is 4.79 Å². The predicted molar refractivity (Wildman–Crippen MR) is 78.1 cm³/mol. The Labute approximate surface area is 115 Å². The molecule has 4 nitrogen and oxygen atoms in total. The predicted octanol–water partition coefficient (Wildman–Crippen LogP) is 1.81. The SMILES string of the molecule is CCC1C(=O)NCCN1c1ccc([C@H](N)CC)cc1. The van der Waals surface area contributed by atoms with Crippen LogP contribution >= 0.6 is 0 Å². The van der Waals surface area contributed by atoms with Crippen molar-refractivity contribution >= 4 is 11.6 Å². The van der Waals surface area contributed by atoms with E-state index in [-0.39, 0.29) is 18.0 Å². The lowest BCUT2D eigenvalue weighted by Gasteiger charge is -2.36. The lowest BCUT2D eigenvalue weighted by atomic mass is 10.0. The van der Waals surface area contributed by atoms with Gasteiger partial charge in [0.15, 0.2) is 0 Å². The molecule has 0 aliphatic carbocycles. The summed E-state index contributed by atoms with van der Waals surface area (Å²) in [5, 5.41) is 2.92. The first-order valence-electron chi connectivity index (χ1n) is 7.07. The number of amides is 1. The molecule has 104 valence electrons. The van der Waals surface area contributed by atoms with Crippen LogP contribution in [0.4, 0.5) is 5.69 Å². The number of rotatable bonds is 4. The molecule has 3 N–H and O–H groups in total. The van der Waals surface area contributed by atoms with Crippen LogP contribution in [0.3, 0.4) is 0 Å². The molecule has 2 rings (SSSR count). The number of hydrogen-bond donors (Lipinski definition) is 2. The monoisotopic (exact) mass is 261 g/mol. The van der Waals surface area contributed by atoms with Gasteiger partial charge in [-0.1, -0.05) is 26.0 Å². The highest BCUT2D eigenvalue weighted by molar-refractivity contribution is 5.86. The Balaban J connectivity index is 2.18. The maximum atomic E-state index is 11.9. The van der Waals surface area contributed by atoms with Crippen molar-refractivity contribution in [3.63, 3.8) is 0 Å². The van der Waals surface area contributed by atoms with Gasteiger partial charge in [0.05, 0.1) is 0 Å². The van der Waals surface area contributed by atoms with Gasteiger partial charge < -0.3 is 16.0 Å². The summed E-state index contributed by atoms with van der Waals surface area (Å²) in [6.45, 7) is 5.71. The topological polar surface area (TPSA) is 58.4 Å². The minimum atomic E-state index is -0.0561. The van der Waals surface area contributed by atoms with Crippen molar-refractivity contribution in [2.24, 2.45) is 5.73 Å². The molecule has 1 aromatic rings. The molecule has 1 fully saturated rings. The van der Waals surface area contributed by atoms with Gasteiger partial charge in [0, 0.05) is 24.8 Å². The van der Waals surface area contributed by atoms with Gasteiger partial charge in [-0.2, -0.15) is 0 Å². The average Bonchev–Trinajstić information content (AvgIpc) is 2.46. The molecule has 1 amide bonds. The molecule has 0 saturated carbocycles. The first kappa shape index (κ1) is 13.9. The van der Waals surface area contributed by atoms with E-state index in [0.29, 0.717) is 6.54 Å². The van der Waals surface area contributed by atoms with Gasteiger partial charge in [-0.05, 0) is 30.5 Å². The maximum absolute atomic E-state index is 11.9. The zero-order valence-corrected chi connectivity index (χ0v) is 11.7. The number of piperazine rings is 1. The first-order chi connectivity index (χ1) is 9.17. The summed E-state index contributed by atoms with van der Waals surface area (Å²) < 4.78 is 0. The standard InChI is InChI=1S/C15H23N3O/c1-3-13(16)11-5-7-12(8-6-11)18-10-9-17-15(19)14(18)4-2/h5-8,13-14H,3-4,9-10,16H2,1-2H3,(H,17,19)/t13-,14?/m1/s1. The van der Waals surface area contributed by atoms with Gasteiger partial charge in [-0.25, -0.2) is 0 Å². The molecule has 0 spiro atoms. The summed E-state index contributed by atoms with van der Waals surface area (Å²) in [5.74, 6) is 0.128. The van der Waals surface area contributed by atoms with Gasteiger partial charge in [-0.3, -0.25) is 4.79 Å². The normalized spacial score (nSPS) is 21.1. The molecule has 1 aliphatic rings. The van der Waals surface area contributed by atoms with Gasteiger partial charge in [0.2, 0.25) is 5.91 Å². The van der Waals surface area contributed by atoms with Crippen molar-refractivity contribution in [2.45, 2.75) is 38.8 Å². The van der Waals surface area contributed by atoms with E-state index < -0.39 is 0 Å². The van der Waals surface area contributed by atoms with Crippen LogP contribution in [-0.4, -0.2) is 25.0 Å². The Hall–Kier alpha value is -1.55. The fourth-order valence-electron chi connectivity index (χ4n) is 2.58. The highest BCUT2D eigenvalue weighted by Crippen LogP contribution is 2.23. The summed E-state index contributed by atoms with van der Waals surface area (Å²) in [6.07, 6.45) is 1.76. The Kier molecular flexibility index (Phi) is 4.43. The average molecular weight is 261 g/mol. The van der Waals surface area contributed by atoms with Crippen LogP contribution in [0, 0.1) is 0 Å². The van der Waals surface area contributed by atoms with Gasteiger partial charge in [0.25, 0.3) is 0 Å². The van der Waals surface area contributed by atoms with Crippen LogP contribution < -0.4 is 16.0 Å². The Morgan fingerprint density at radius 2 is 2.05 bits per heavy atom. The number of hydrogen-bond acceptors (Lipinski definition) is 3. The van der Waals surface area contributed by atoms with Crippen molar-refractivity contribution in [1.29, 1.82) is 0 Å². The number of carbonyl (C=O) groups excluding carboxylic acids is 1. The van der Waals surface area contributed by atoms with Gasteiger partial charge in [0.1, 0.15) is 6.04 Å². The third-order valence-electron chi connectivity index (χ3n) is 3.81. The Morgan fingerprint density at radius 1 is 1.37 bits per heavy atom. The minimum absolute atomic E-state index is 0.0561. The molecule has 1 aliphatic heterocycles. The van der Waals surface area contributed by atoms with E-state index in [1.54, 1.807) is 0 Å². The third kappa shape index (κ3) is 2.89. The zero-order chi connectivity index (χ0) is 13.8. The number of nitrogens with one attached hydrogen (secondary N) is 1. The quantitative estimate of drug-likeness (QED) is 0.869. The summed E-state index contributed by atoms with van der Waals surface area (Å²) in [7, 11) is 0. The summed E-state index contributed by atoms with van der Waals surface area (Å²) >= 11 is 0. The summed E-state index contributed by atoms with van der Waals surface area (Å²) in [4.78, 5) is 14.0. The molecule has 2 atom stereocenters. The van der Waals surface area contributed by atoms with Crippen LogP contribution in [0.25, 0.3) is 0 Å². The number of nitrogens with two attached hydrogens (primary N) is 1. The number of nitrogens with zero attached hydrogens (tertiary/aromatic N) is 1. The second kappa shape index (κ2) is 6.06. The van der Waals surface area contributed by atoms with Crippen LogP contribution in [0.5, 0.6) is 0 Å². The van der Waals surface area contributed by atoms with Crippen LogP contribution in [0.1, 0.15) is 38.3 Å². The van der Waals surface area contributed by atoms with Crippen molar-refractivity contribution in [1.82, 2.24) is 5.32 Å². The second-order valence-electron chi connectivity index (χ2n) is 5.01. The van der Waals surface area contributed by atoms with Crippen molar-refractivity contribution in [3.05, 3.63) is 29.8 Å². The molecule has 1 unspecified atom stereocenters. The van der Waals surface area contributed by atoms with Crippen LogP contribution in [0.2, 0.25) is 0 Å². The first-order valence-corrected chi connectivity index (χ1v) is 7.07. The van der Waals surface area contributed by atoms with Crippen LogP contribution in [-0.2, 0) is 4.79 Å². The zero-order valence-electron chi connectivity index (χ0n) is 11.7. The molecule has 19 heavy (non-hydrogen) atoms. The van der Waals surface area contributed by atoms with Gasteiger partial charge >= 0.3 is 0 Å². The molecule has 1 saturated heterocycles. The largest absolute Gasteiger partial charge is 0.358 e. The van der Waals surface area contributed by atoms with E-state index in [2.05, 4.69) is 41.4 Å². The van der Waals surface area contributed by atoms with E-state index >= 15 is 0 Å². The van der Waals surface area contributed by atoms with Crippen LogP contribution in [0.15, 0.2) is 24.3 Å². The molecular formula is C15H23N3O. The molecule has 4 heteroatoms. The molecule has 1 heterocycles.